The van der Waals surface area contributed by atoms with Crippen LogP contribution >= 0.6 is 0 Å². The van der Waals surface area contributed by atoms with E-state index in [1.807, 2.05) is 0 Å². The number of carbonyl (C=O) groups excluding carboxylic acids is 3. The molecule has 2 rings (SSSR count). The molecule has 32 heavy (non-hydrogen) atoms. The van der Waals surface area contributed by atoms with Crippen LogP contribution in [0.2, 0.25) is 0 Å². The summed E-state index contributed by atoms with van der Waals surface area (Å²) in [5.74, 6) is -1.10. The number of rotatable bonds is 10. The second-order valence-electron chi connectivity index (χ2n) is 8.73. The van der Waals surface area contributed by atoms with Gasteiger partial charge in [0.2, 0.25) is 0 Å². The standard InChI is InChI=1S/C25H31NO6/c1-24(2,30)22(28)18-10-6-16(7-11-18)21(26-15-14-20(27)32-5)17-8-12-19(13-9-17)23(29)25(3,4)31/h6-13,21,26,30-31H,14-15H2,1-5H3. The zero-order valence-corrected chi connectivity index (χ0v) is 19.1. The molecule has 0 saturated carbocycles. The van der Waals surface area contributed by atoms with Gasteiger partial charge in [-0.15, -0.1) is 0 Å². The first-order valence-electron chi connectivity index (χ1n) is 10.4. The summed E-state index contributed by atoms with van der Waals surface area (Å²) in [6.07, 6.45) is 0.178. The van der Waals surface area contributed by atoms with E-state index in [1.54, 1.807) is 48.5 Å². The highest BCUT2D eigenvalue weighted by atomic mass is 16.5. The molecule has 172 valence electrons. The summed E-state index contributed by atoms with van der Waals surface area (Å²) in [5.41, 5.74) is -0.487. The summed E-state index contributed by atoms with van der Waals surface area (Å²) in [7, 11) is 1.33. The minimum absolute atomic E-state index is 0.178. The van der Waals surface area contributed by atoms with E-state index in [0.29, 0.717) is 17.7 Å². The number of ether oxygens (including phenoxy) is 1. The van der Waals surface area contributed by atoms with Crippen LogP contribution in [0.4, 0.5) is 0 Å². The lowest BCUT2D eigenvalue weighted by Crippen LogP contribution is -2.31. The molecule has 3 N–H and O–H groups in total. The van der Waals surface area contributed by atoms with Crippen LogP contribution in [-0.2, 0) is 9.53 Å². The van der Waals surface area contributed by atoms with Gasteiger partial charge in [-0.2, -0.15) is 0 Å². The van der Waals surface area contributed by atoms with Crippen molar-refractivity contribution in [2.45, 2.75) is 51.4 Å². The van der Waals surface area contributed by atoms with Gasteiger partial charge >= 0.3 is 5.97 Å². The van der Waals surface area contributed by atoms with Crippen LogP contribution < -0.4 is 5.32 Å². The summed E-state index contributed by atoms with van der Waals surface area (Å²) in [4.78, 5) is 36.1. The normalized spacial score (nSPS) is 12.0. The van der Waals surface area contributed by atoms with Gasteiger partial charge in [0.05, 0.1) is 19.6 Å². The van der Waals surface area contributed by atoms with Gasteiger partial charge in [0.15, 0.2) is 11.6 Å². The minimum Gasteiger partial charge on any atom is -0.469 e. The third-order valence-electron chi connectivity index (χ3n) is 5.03. The summed E-state index contributed by atoms with van der Waals surface area (Å²) in [6, 6.07) is 13.4. The first-order chi connectivity index (χ1) is 14.8. The Morgan fingerprint density at radius 2 is 1.19 bits per heavy atom. The molecule has 7 heteroatoms. The molecule has 0 aliphatic carbocycles. The topological polar surface area (TPSA) is 113 Å². The van der Waals surface area contributed by atoms with Crippen LogP contribution in [-0.4, -0.2) is 52.6 Å². The molecule has 2 aromatic rings. The van der Waals surface area contributed by atoms with E-state index in [0.717, 1.165) is 11.1 Å². The number of aliphatic hydroxyl groups is 2. The maximum atomic E-state index is 12.3. The maximum absolute atomic E-state index is 12.3. The fourth-order valence-corrected chi connectivity index (χ4v) is 3.21. The molecule has 0 aromatic heterocycles. The predicted octanol–water partition coefficient (Wildman–Crippen LogP) is 2.84. The van der Waals surface area contributed by atoms with Crippen LogP contribution in [0.5, 0.6) is 0 Å². The Morgan fingerprint density at radius 1 is 0.812 bits per heavy atom. The van der Waals surface area contributed by atoms with Crippen molar-refractivity contribution >= 4 is 17.5 Å². The van der Waals surface area contributed by atoms with Crippen LogP contribution in [0, 0.1) is 0 Å². The number of esters is 1. The van der Waals surface area contributed by atoms with E-state index in [1.165, 1.54) is 34.8 Å². The van der Waals surface area contributed by atoms with Crippen molar-refractivity contribution in [2.24, 2.45) is 0 Å². The molecule has 0 atom stereocenters. The smallest absolute Gasteiger partial charge is 0.306 e. The van der Waals surface area contributed by atoms with E-state index >= 15 is 0 Å². The monoisotopic (exact) mass is 441 g/mol. The summed E-state index contributed by atoms with van der Waals surface area (Å²) in [6.45, 7) is 6.12. The summed E-state index contributed by atoms with van der Waals surface area (Å²) in [5, 5.41) is 23.2. The Labute approximate surface area is 188 Å². The lowest BCUT2D eigenvalue weighted by atomic mass is 9.91. The summed E-state index contributed by atoms with van der Waals surface area (Å²) >= 11 is 0. The van der Waals surface area contributed by atoms with Crippen molar-refractivity contribution in [3.05, 3.63) is 70.8 Å². The van der Waals surface area contributed by atoms with Gasteiger partial charge in [-0.05, 0) is 38.8 Å². The lowest BCUT2D eigenvalue weighted by molar-refractivity contribution is -0.140. The SMILES string of the molecule is COC(=O)CCNC(c1ccc(C(=O)C(C)(C)O)cc1)c1ccc(C(=O)C(C)(C)O)cc1. The number of benzene rings is 2. The Bertz CT molecular complexity index is 880. The predicted molar refractivity (Wildman–Crippen MR) is 121 cm³/mol. The van der Waals surface area contributed by atoms with E-state index in [-0.39, 0.29) is 30.0 Å². The molecule has 0 aliphatic rings. The number of carbonyl (C=O) groups is 3. The molecule has 0 radical (unpaired) electrons. The van der Waals surface area contributed by atoms with Crippen LogP contribution in [0.25, 0.3) is 0 Å². The Kier molecular flexibility index (Phi) is 8.07. The van der Waals surface area contributed by atoms with Crippen LogP contribution in [0.15, 0.2) is 48.5 Å². The molecule has 2 aromatic carbocycles. The first kappa shape index (κ1) is 25.4. The van der Waals surface area contributed by atoms with Gasteiger partial charge < -0.3 is 20.3 Å². The van der Waals surface area contributed by atoms with Crippen molar-refractivity contribution in [1.82, 2.24) is 5.32 Å². The zero-order chi connectivity index (χ0) is 24.1. The number of nitrogens with one attached hydrogen (secondary N) is 1. The minimum atomic E-state index is -1.47. The number of hydrogen-bond acceptors (Lipinski definition) is 7. The third kappa shape index (κ3) is 6.56. The molecule has 0 amide bonds. The average molecular weight is 442 g/mol. The average Bonchev–Trinajstić information content (AvgIpc) is 2.74. The molecule has 0 heterocycles. The number of hydrogen-bond donors (Lipinski definition) is 3. The zero-order valence-electron chi connectivity index (χ0n) is 19.1. The van der Waals surface area contributed by atoms with Crippen LogP contribution in [0.3, 0.4) is 0 Å². The number of Topliss-reactive ketones (excluding diaryl/α,β-unsaturated/α-hetero) is 2. The van der Waals surface area contributed by atoms with Crippen molar-refractivity contribution in [1.29, 1.82) is 0 Å². The third-order valence-corrected chi connectivity index (χ3v) is 5.03. The van der Waals surface area contributed by atoms with Crippen LogP contribution in [0.1, 0.15) is 72.0 Å². The van der Waals surface area contributed by atoms with Gasteiger partial charge in [0.25, 0.3) is 0 Å². The van der Waals surface area contributed by atoms with Gasteiger partial charge in [0, 0.05) is 17.7 Å². The molecule has 0 saturated heterocycles. The maximum Gasteiger partial charge on any atom is 0.306 e. The second kappa shape index (κ2) is 10.2. The Balaban J connectivity index is 2.33. The van der Waals surface area contributed by atoms with Gasteiger partial charge in [-0.25, -0.2) is 0 Å². The molecule has 0 aliphatic heterocycles. The summed E-state index contributed by atoms with van der Waals surface area (Å²) < 4.78 is 4.69. The highest BCUT2D eigenvalue weighted by Gasteiger charge is 2.27. The molecule has 0 spiro atoms. The van der Waals surface area contributed by atoms with Crippen molar-refractivity contribution < 1.29 is 29.3 Å². The Hall–Kier alpha value is -2.87. The number of ketones is 2. The molecular weight excluding hydrogens is 410 g/mol. The first-order valence-corrected chi connectivity index (χ1v) is 10.4. The molecule has 7 nitrogen and oxygen atoms in total. The van der Waals surface area contributed by atoms with Crippen molar-refractivity contribution in [3.63, 3.8) is 0 Å². The fourth-order valence-electron chi connectivity index (χ4n) is 3.21. The van der Waals surface area contributed by atoms with E-state index in [4.69, 9.17) is 4.74 Å². The molecule has 0 fully saturated rings. The highest BCUT2D eigenvalue weighted by Crippen LogP contribution is 2.25. The lowest BCUT2D eigenvalue weighted by Gasteiger charge is -2.22. The molecular formula is C25H31NO6. The van der Waals surface area contributed by atoms with Gasteiger partial charge in [-0.3, -0.25) is 14.4 Å². The van der Waals surface area contributed by atoms with Gasteiger partial charge in [-0.1, -0.05) is 48.5 Å². The largest absolute Gasteiger partial charge is 0.469 e. The van der Waals surface area contributed by atoms with E-state index < -0.39 is 11.2 Å². The quantitative estimate of drug-likeness (QED) is 0.384. The Morgan fingerprint density at radius 3 is 1.50 bits per heavy atom. The van der Waals surface area contributed by atoms with Gasteiger partial charge in [0.1, 0.15) is 11.2 Å². The second-order valence-corrected chi connectivity index (χ2v) is 8.73. The highest BCUT2D eigenvalue weighted by molar-refractivity contribution is 6.02. The van der Waals surface area contributed by atoms with Crippen molar-refractivity contribution in [3.8, 4) is 0 Å². The van der Waals surface area contributed by atoms with E-state index in [2.05, 4.69) is 5.32 Å². The molecule has 0 unspecified atom stereocenters. The fraction of sp³-hybridized carbons (Fsp3) is 0.400. The number of methoxy groups -OCH3 is 1. The van der Waals surface area contributed by atoms with Crippen molar-refractivity contribution in [2.75, 3.05) is 13.7 Å². The van der Waals surface area contributed by atoms with E-state index in [9.17, 15) is 24.6 Å². The molecule has 0 bridgehead atoms.